The van der Waals surface area contributed by atoms with Crippen molar-refractivity contribution in [3.8, 4) is 0 Å². The zero-order valence-electron chi connectivity index (χ0n) is 11.6. The van der Waals surface area contributed by atoms with Crippen LogP contribution in [0.4, 0.5) is 13.2 Å². The Labute approximate surface area is 129 Å². The second kappa shape index (κ2) is 6.60. The van der Waals surface area contributed by atoms with Crippen molar-refractivity contribution in [2.24, 2.45) is 11.7 Å². The van der Waals surface area contributed by atoms with Crippen molar-refractivity contribution in [3.05, 3.63) is 29.8 Å². The summed E-state index contributed by atoms with van der Waals surface area (Å²) in [5, 5.41) is 0. The van der Waals surface area contributed by atoms with Crippen molar-refractivity contribution in [2.75, 3.05) is 13.1 Å². The van der Waals surface area contributed by atoms with Crippen molar-refractivity contribution >= 4 is 23.6 Å². The summed E-state index contributed by atoms with van der Waals surface area (Å²) in [4.78, 5) is 25.0. The molecular weight excluding hydrogens is 317 g/mol. The molecular formula is C14H15F3N2O2S. The van der Waals surface area contributed by atoms with E-state index in [1.54, 1.807) is 0 Å². The van der Waals surface area contributed by atoms with Crippen LogP contribution in [0.1, 0.15) is 23.2 Å². The van der Waals surface area contributed by atoms with Gasteiger partial charge in [0.05, 0.1) is 11.5 Å². The fraction of sp³-hybridized carbons (Fsp3) is 0.429. The van der Waals surface area contributed by atoms with Crippen LogP contribution in [0, 0.1) is 5.92 Å². The third-order valence-electron chi connectivity index (χ3n) is 3.45. The summed E-state index contributed by atoms with van der Waals surface area (Å²) in [5.74, 6) is -1.44. The van der Waals surface area contributed by atoms with Crippen molar-refractivity contribution in [2.45, 2.75) is 23.2 Å². The molecule has 1 aliphatic heterocycles. The topological polar surface area (TPSA) is 63.4 Å². The van der Waals surface area contributed by atoms with Gasteiger partial charge in [-0.25, -0.2) is 0 Å². The minimum Gasteiger partial charge on any atom is -0.369 e. The number of primary amides is 1. The fourth-order valence-corrected chi connectivity index (χ4v) is 3.08. The molecule has 120 valence electrons. The highest BCUT2D eigenvalue weighted by Gasteiger charge is 2.33. The van der Waals surface area contributed by atoms with Gasteiger partial charge in [-0.2, -0.15) is 13.2 Å². The van der Waals surface area contributed by atoms with Crippen LogP contribution in [0.25, 0.3) is 0 Å². The predicted molar refractivity (Wildman–Crippen MR) is 76.2 cm³/mol. The summed E-state index contributed by atoms with van der Waals surface area (Å²) >= 11 is -0.312. The summed E-state index contributed by atoms with van der Waals surface area (Å²) in [6.45, 7) is 0.562. The van der Waals surface area contributed by atoms with Crippen LogP contribution in [0.15, 0.2) is 29.2 Å². The molecule has 4 nitrogen and oxygen atoms in total. The van der Waals surface area contributed by atoms with Gasteiger partial charge in [-0.15, -0.1) is 0 Å². The third kappa shape index (κ3) is 4.16. The third-order valence-corrected chi connectivity index (χ3v) is 4.26. The maximum Gasteiger partial charge on any atom is 0.446 e. The number of alkyl halides is 3. The number of likely N-dealkylation sites (tertiary alicyclic amines) is 1. The van der Waals surface area contributed by atoms with Gasteiger partial charge in [0.1, 0.15) is 0 Å². The number of amides is 2. The number of hydrogen-bond acceptors (Lipinski definition) is 3. The van der Waals surface area contributed by atoms with E-state index in [0.29, 0.717) is 19.4 Å². The van der Waals surface area contributed by atoms with Gasteiger partial charge in [-0.1, -0.05) is 12.1 Å². The first kappa shape index (κ1) is 16.7. The van der Waals surface area contributed by atoms with Gasteiger partial charge in [-0.05, 0) is 36.7 Å². The maximum atomic E-state index is 12.6. The molecule has 1 aliphatic rings. The standard InChI is InChI=1S/C14H15F3N2O2S/c15-14(16,17)22-11-6-2-1-5-10(11)13(21)19-7-3-4-9(8-19)12(18)20/h1-2,5-6,9H,3-4,7-8H2,(H2,18,20)/t9-/m0/s1. The Hall–Kier alpha value is -1.70. The van der Waals surface area contributed by atoms with Crippen molar-refractivity contribution in [1.29, 1.82) is 0 Å². The summed E-state index contributed by atoms with van der Waals surface area (Å²) in [5.41, 5.74) is 0.783. The smallest absolute Gasteiger partial charge is 0.369 e. The summed E-state index contributed by atoms with van der Waals surface area (Å²) in [6.07, 6.45) is 1.20. The summed E-state index contributed by atoms with van der Waals surface area (Å²) in [6, 6.07) is 5.60. The number of carbonyl (C=O) groups excluding carboxylic acids is 2. The molecule has 2 N–H and O–H groups in total. The molecule has 0 unspecified atom stereocenters. The van der Waals surface area contributed by atoms with Gasteiger partial charge in [-0.3, -0.25) is 9.59 Å². The quantitative estimate of drug-likeness (QED) is 0.866. The van der Waals surface area contributed by atoms with E-state index < -0.39 is 23.2 Å². The van der Waals surface area contributed by atoms with Gasteiger partial charge in [0.15, 0.2) is 0 Å². The van der Waals surface area contributed by atoms with Gasteiger partial charge < -0.3 is 10.6 Å². The first-order valence-corrected chi connectivity index (χ1v) is 7.53. The van der Waals surface area contributed by atoms with Crippen molar-refractivity contribution in [3.63, 3.8) is 0 Å². The molecule has 0 bridgehead atoms. The minimum atomic E-state index is -4.46. The van der Waals surface area contributed by atoms with Crippen LogP contribution < -0.4 is 5.73 Å². The number of nitrogens with zero attached hydrogens (tertiary/aromatic N) is 1. The lowest BCUT2D eigenvalue weighted by atomic mass is 9.97. The predicted octanol–water partition coefficient (Wildman–Crippen LogP) is 2.64. The Morgan fingerprint density at radius 3 is 2.59 bits per heavy atom. The number of benzene rings is 1. The number of piperidine rings is 1. The lowest BCUT2D eigenvalue weighted by molar-refractivity contribution is -0.123. The van der Waals surface area contributed by atoms with Crippen LogP contribution in [-0.2, 0) is 4.79 Å². The zero-order chi connectivity index (χ0) is 16.3. The minimum absolute atomic E-state index is 0.00468. The molecule has 1 saturated heterocycles. The largest absolute Gasteiger partial charge is 0.446 e. The monoisotopic (exact) mass is 332 g/mol. The van der Waals surface area contributed by atoms with Gasteiger partial charge in [0.25, 0.3) is 5.91 Å². The molecule has 0 saturated carbocycles. The van der Waals surface area contributed by atoms with Gasteiger partial charge in [0.2, 0.25) is 5.91 Å². The van der Waals surface area contributed by atoms with Crippen LogP contribution >= 0.6 is 11.8 Å². The second-order valence-corrected chi connectivity index (χ2v) is 6.14. The van der Waals surface area contributed by atoms with Crippen LogP contribution in [-0.4, -0.2) is 35.3 Å². The van der Waals surface area contributed by atoms with E-state index in [1.165, 1.54) is 29.2 Å². The van der Waals surface area contributed by atoms with E-state index in [0.717, 1.165) is 0 Å². The normalized spacial score (nSPS) is 19.0. The summed E-state index contributed by atoms with van der Waals surface area (Å²) in [7, 11) is 0. The van der Waals surface area contributed by atoms with E-state index in [1.807, 2.05) is 0 Å². The molecule has 0 aliphatic carbocycles. The first-order chi connectivity index (χ1) is 10.3. The van der Waals surface area contributed by atoms with Crippen molar-refractivity contribution in [1.82, 2.24) is 4.90 Å². The van der Waals surface area contributed by atoms with Gasteiger partial charge in [0, 0.05) is 18.0 Å². The molecule has 1 aromatic rings. The lowest BCUT2D eigenvalue weighted by Gasteiger charge is -2.31. The van der Waals surface area contributed by atoms with E-state index in [9.17, 15) is 22.8 Å². The lowest BCUT2D eigenvalue weighted by Crippen LogP contribution is -2.44. The Bertz CT molecular complexity index is 577. The van der Waals surface area contributed by atoms with E-state index in [4.69, 9.17) is 5.73 Å². The van der Waals surface area contributed by atoms with E-state index in [-0.39, 0.29) is 28.8 Å². The molecule has 1 aromatic carbocycles. The SMILES string of the molecule is NC(=O)[C@H]1CCCN(C(=O)c2ccccc2SC(F)(F)F)C1. The molecule has 22 heavy (non-hydrogen) atoms. The average Bonchev–Trinajstić information content (AvgIpc) is 2.45. The highest BCUT2D eigenvalue weighted by Crippen LogP contribution is 2.38. The molecule has 8 heteroatoms. The number of rotatable bonds is 3. The molecule has 1 fully saturated rings. The molecule has 0 aromatic heterocycles. The van der Waals surface area contributed by atoms with Crippen LogP contribution in [0.3, 0.4) is 0 Å². The first-order valence-electron chi connectivity index (χ1n) is 6.71. The maximum absolute atomic E-state index is 12.6. The van der Waals surface area contributed by atoms with E-state index in [2.05, 4.69) is 0 Å². The molecule has 0 spiro atoms. The molecule has 1 heterocycles. The molecule has 2 amide bonds. The Morgan fingerprint density at radius 2 is 1.95 bits per heavy atom. The van der Waals surface area contributed by atoms with Crippen LogP contribution in [0.5, 0.6) is 0 Å². The Kier molecular flexibility index (Phi) is 5.00. The second-order valence-electron chi connectivity index (χ2n) is 5.04. The number of carbonyl (C=O) groups is 2. The van der Waals surface area contributed by atoms with Crippen molar-refractivity contribution < 1.29 is 22.8 Å². The van der Waals surface area contributed by atoms with Gasteiger partial charge >= 0.3 is 5.51 Å². The Morgan fingerprint density at radius 1 is 1.27 bits per heavy atom. The number of thioether (sulfide) groups is 1. The fourth-order valence-electron chi connectivity index (χ4n) is 2.42. The summed E-state index contributed by atoms with van der Waals surface area (Å²) < 4.78 is 37.7. The number of hydrogen-bond donors (Lipinski definition) is 1. The molecule has 0 radical (unpaired) electrons. The Balaban J connectivity index is 2.20. The highest BCUT2D eigenvalue weighted by molar-refractivity contribution is 8.00. The van der Waals surface area contributed by atoms with Crippen LogP contribution in [0.2, 0.25) is 0 Å². The highest BCUT2D eigenvalue weighted by atomic mass is 32.2. The molecule has 2 rings (SSSR count). The number of halogens is 3. The average molecular weight is 332 g/mol. The van der Waals surface area contributed by atoms with E-state index >= 15 is 0 Å². The zero-order valence-corrected chi connectivity index (χ0v) is 12.4. The number of nitrogens with two attached hydrogens (primary N) is 1. The molecule has 1 atom stereocenters.